The minimum atomic E-state index is -4.66. The summed E-state index contributed by atoms with van der Waals surface area (Å²) in [6.45, 7) is 1.60. The normalized spacial score (nSPS) is 18.4. The lowest BCUT2D eigenvalue weighted by molar-refractivity contribution is -0.141. The summed E-state index contributed by atoms with van der Waals surface area (Å²) in [6.07, 6.45) is -3.32. The van der Waals surface area contributed by atoms with Crippen LogP contribution in [0, 0.1) is 0 Å². The van der Waals surface area contributed by atoms with E-state index in [-0.39, 0.29) is 10.1 Å². The van der Waals surface area contributed by atoms with E-state index in [2.05, 4.69) is 0 Å². The summed E-state index contributed by atoms with van der Waals surface area (Å²) < 4.78 is 37.8. The molecule has 0 saturated carbocycles. The number of aromatic amines is 1. The molecule has 1 N–H and O–H groups in total. The minimum Gasteiger partial charge on any atom is -0.313 e. The first-order chi connectivity index (χ1) is 11.5. The Morgan fingerprint density at radius 1 is 1.20 bits per heavy atom. The largest absolute Gasteiger partial charge is 0.406 e. The first kappa shape index (κ1) is 18.7. The van der Waals surface area contributed by atoms with Crippen LogP contribution in [-0.2, 0) is 17.9 Å². The highest BCUT2D eigenvalue weighted by atomic mass is 19.4. The first-order valence-electron chi connectivity index (χ1n) is 7.56. The van der Waals surface area contributed by atoms with E-state index in [1.165, 1.54) is 11.8 Å². The van der Waals surface area contributed by atoms with Gasteiger partial charge >= 0.3 is 17.9 Å². The van der Waals surface area contributed by atoms with E-state index in [0.29, 0.717) is 13.0 Å². The molecule has 1 atom stereocenters. The average Bonchev–Trinajstić information content (AvgIpc) is 2.68. The van der Waals surface area contributed by atoms with Crippen molar-refractivity contribution in [1.29, 1.82) is 0 Å². The third-order valence-corrected chi connectivity index (χ3v) is 3.79. The van der Waals surface area contributed by atoms with Crippen molar-refractivity contribution in [3.63, 3.8) is 0 Å². The van der Waals surface area contributed by atoms with Gasteiger partial charge in [-0.25, -0.2) is 9.59 Å². The van der Waals surface area contributed by atoms with E-state index >= 15 is 0 Å². The standard InChI is InChI=1S/C14H17F3N4O4/c1-3-4-20-8(2)11(23)21(13(20)25)6-9-5-19(7-14(15,16)17)12(24)18-10(9)22/h5,8H,3-4,6-7H2,1-2H3,(H,18,22,24). The van der Waals surface area contributed by atoms with Crippen LogP contribution in [0.4, 0.5) is 18.0 Å². The molecule has 1 saturated heterocycles. The Bertz CT molecular complexity index is 798. The van der Waals surface area contributed by atoms with Gasteiger partial charge in [-0.2, -0.15) is 13.2 Å². The number of carbonyl (C=O) groups is 2. The molecule has 138 valence electrons. The lowest BCUT2D eigenvalue weighted by atomic mass is 10.2. The van der Waals surface area contributed by atoms with E-state index in [1.54, 1.807) is 4.98 Å². The number of H-pyrrole nitrogens is 1. The Morgan fingerprint density at radius 3 is 2.40 bits per heavy atom. The molecule has 1 aliphatic heterocycles. The van der Waals surface area contributed by atoms with E-state index < -0.39 is 48.5 Å². The van der Waals surface area contributed by atoms with Crippen molar-refractivity contribution in [3.8, 4) is 0 Å². The monoisotopic (exact) mass is 362 g/mol. The lowest BCUT2D eigenvalue weighted by Crippen LogP contribution is -2.39. The number of alkyl halides is 3. The van der Waals surface area contributed by atoms with E-state index in [9.17, 15) is 32.3 Å². The van der Waals surface area contributed by atoms with Gasteiger partial charge in [-0.3, -0.25) is 24.0 Å². The number of halogens is 3. The summed E-state index contributed by atoms with van der Waals surface area (Å²) in [5, 5.41) is 0. The van der Waals surface area contributed by atoms with Crippen LogP contribution in [0.3, 0.4) is 0 Å². The fraction of sp³-hybridized carbons (Fsp3) is 0.571. The number of carbonyl (C=O) groups excluding carboxylic acids is 2. The molecule has 0 bridgehead atoms. The SMILES string of the molecule is CCCN1C(=O)N(Cc2cn(CC(F)(F)F)c(=O)[nH]c2=O)C(=O)C1C. The minimum absolute atomic E-state index is 0.281. The van der Waals surface area contributed by atoms with Gasteiger partial charge in [-0.1, -0.05) is 6.92 Å². The molecule has 11 heteroatoms. The maximum atomic E-state index is 12.5. The quantitative estimate of drug-likeness (QED) is 0.779. The lowest BCUT2D eigenvalue weighted by Gasteiger charge is -2.18. The van der Waals surface area contributed by atoms with Crippen LogP contribution >= 0.6 is 0 Å². The molecule has 1 fully saturated rings. The second kappa shape index (κ2) is 6.73. The van der Waals surface area contributed by atoms with Gasteiger partial charge in [0.05, 0.1) is 12.1 Å². The molecule has 0 aliphatic carbocycles. The number of aromatic nitrogens is 2. The number of urea groups is 1. The number of rotatable bonds is 5. The summed E-state index contributed by atoms with van der Waals surface area (Å²) in [7, 11) is 0. The summed E-state index contributed by atoms with van der Waals surface area (Å²) >= 11 is 0. The molecule has 1 aromatic heterocycles. The number of hydrogen-bond donors (Lipinski definition) is 1. The Balaban J connectivity index is 2.32. The number of imide groups is 1. The molecule has 1 aromatic rings. The van der Waals surface area contributed by atoms with Gasteiger partial charge in [-0.05, 0) is 13.3 Å². The zero-order valence-corrected chi connectivity index (χ0v) is 13.6. The smallest absolute Gasteiger partial charge is 0.313 e. The topological polar surface area (TPSA) is 95.5 Å². The molecule has 0 spiro atoms. The predicted molar refractivity (Wildman–Crippen MR) is 79.8 cm³/mol. The van der Waals surface area contributed by atoms with Crippen molar-refractivity contribution in [2.45, 2.75) is 45.6 Å². The number of hydrogen-bond acceptors (Lipinski definition) is 4. The Labute approximate surface area is 139 Å². The third kappa shape index (κ3) is 3.91. The Morgan fingerprint density at radius 2 is 1.84 bits per heavy atom. The zero-order chi connectivity index (χ0) is 18.9. The molecule has 3 amide bonds. The van der Waals surface area contributed by atoms with Crippen LogP contribution in [0.1, 0.15) is 25.8 Å². The molecular formula is C14H17F3N4O4. The van der Waals surface area contributed by atoms with Crippen LogP contribution in [0.25, 0.3) is 0 Å². The zero-order valence-electron chi connectivity index (χ0n) is 13.6. The van der Waals surface area contributed by atoms with Crippen LogP contribution in [0.2, 0.25) is 0 Å². The molecule has 0 aromatic carbocycles. The van der Waals surface area contributed by atoms with Crippen molar-refractivity contribution < 1.29 is 22.8 Å². The van der Waals surface area contributed by atoms with Crippen molar-refractivity contribution >= 4 is 11.9 Å². The first-order valence-corrected chi connectivity index (χ1v) is 7.56. The maximum Gasteiger partial charge on any atom is 0.406 e. The van der Waals surface area contributed by atoms with Crippen molar-refractivity contribution in [3.05, 3.63) is 32.6 Å². The van der Waals surface area contributed by atoms with Gasteiger partial charge in [0, 0.05) is 12.7 Å². The van der Waals surface area contributed by atoms with Gasteiger partial charge in [0.25, 0.3) is 11.5 Å². The Kier molecular flexibility index (Phi) is 5.04. The molecule has 25 heavy (non-hydrogen) atoms. The fourth-order valence-electron chi connectivity index (χ4n) is 2.60. The van der Waals surface area contributed by atoms with Gasteiger partial charge < -0.3 is 4.90 Å². The van der Waals surface area contributed by atoms with Crippen LogP contribution in [0.5, 0.6) is 0 Å². The Hall–Kier alpha value is -2.59. The predicted octanol–water partition coefficient (Wildman–Crippen LogP) is 0.662. The molecule has 0 radical (unpaired) electrons. The van der Waals surface area contributed by atoms with Gasteiger partial charge in [-0.15, -0.1) is 0 Å². The third-order valence-electron chi connectivity index (χ3n) is 3.79. The molecule has 2 rings (SSSR count). The molecule has 1 unspecified atom stereocenters. The highest BCUT2D eigenvalue weighted by Crippen LogP contribution is 2.20. The highest BCUT2D eigenvalue weighted by Gasteiger charge is 2.42. The molecule has 1 aliphatic rings. The molecule has 2 heterocycles. The van der Waals surface area contributed by atoms with Crippen LogP contribution < -0.4 is 11.2 Å². The van der Waals surface area contributed by atoms with Gasteiger partial charge in [0.15, 0.2) is 0 Å². The van der Waals surface area contributed by atoms with Crippen LogP contribution in [-0.4, -0.2) is 50.1 Å². The van der Waals surface area contributed by atoms with Gasteiger partial charge in [0.1, 0.15) is 12.6 Å². The van der Waals surface area contributed by atoms with Gasteiger partial charge in [0.2, 0.25) is 0 Å². The van der Waals surface area contributed by atoms with Crippen LogP contribution in [0.15, 0.2) is 15.8 Å². The molecular weight excluding hydrogens is 345 g/mol. The summed E-state index contributed by atoms with van der Waals surface area (Å²) in [6, 6.07) is -1.33. The maximum absolute atomic E-state index is 12.5. The van der Waals surface area contributed by atoms with Crippen molar-refractivity contribution in [2.24, 2.45) is 0 Å². The van der Waals surface area contributed by atoms with E-state index in [1.807, 2.05) is 6.92 Å². The van der Waals surface area contributed by atoms with E-state index in [4.69, 9.17) is 0 Å². The second-order valence-electron chi connectivity index (χ2n) is 5.73. The number of nitrogens with zero attached hydrogens (tertiary/aromatic N) is 3. The average molecular weight is 362 g/mol. The fourth-order valence-corrected chi connectivity index (χ4v) is 2.60. The summed E-state index contributed by atoms with van der Waals surface area (Å²) in [5.74, 6) is -0.550. The second-order valence-corrected chi connectivity index (χ2v) is 5.73. The summed E-state index contributed by atoms with van der Waals surface area (Å²) in [5.41, 5.74) is -2.44. The van der Waals surface area contributed by atoms with Crippen molar-refractivity contribution in [2.75, 3.05) is 6.54 Å². The highest BCUT2D eigenvalue weighted by molar-refractivity contribution is 6.03. The molecule has 8 nitrogen and oxygen atoms in total. The van der Waals surface area contributed by atoms with Crippen molar-refractivity contribution in [1.82, 2.24) is 19.4 Å². The van der Waals surface area contributed by atoms with E-state index in [0.717, 1.165) is 11.1 Å². The number of amides is 3. The number of nitrogens with one attached hydrogen (secondary N) is 1. The summed E-state index contributed by atoms with van der Waals surface area (Å²) in [4.78, 5) is 51.7.